The van der Waals surface area contributed by atoms with Crippen molar-refractivity contribution in [1.29, 1.82) is 0 Å². The SMILES string of the molecule is CC1CCCCCCCCCCCCCCCCN(CC(C)(C)CCC2CCNCC2)CC1. The standard InChI is InChI=1S/C31H62N2/c1-29-18-16-14-12-10-8-6-4-5-7-9-11-13-15-17-26-33(27-22-29)28-31(2,3)23-19-30-20-24-32-25-21-30/h29-30,32H,4-28H2,1-3H3. The smallest absolute Gasteiger partial charge is 0.00327 e. The molecule has 0 aliphatic carbocycles. The summed E-state index contributed by atoms with van der Waals surface area (Å²) >= 11 is 0. The van der Waals surface area contributed by atoms with Crippen LogP contribution in [-0.4, -0.2) is 37.6 Å². The molecular weight excluding hydrogens is 400 g/mol. The molecule has 0 aromatic heterocycles. The molecule has 2 rings (SSSR count). The molecule has 1 unspecified atom stereocenters. The predicted octanol–water partition coefficient (Wildman–Crippen LogP) is 8.99. The number of piperidine rings is 1. The summed E-state index contributed by atoms with van der Waals surface area (Å²) < 4.78 is 0. The average Bonchev–Trinajstić information content (AvgIpc) is 2.80. The molecule has 33 heavy (non-hydrogen) atoms. The summed E-state index contributed by atoms with van der Waals surface area (Å²) in [6.45, 7) is 14.1. The highest BCUT2D eigenvalue weighted by Crippen LogP contribution is 2.30. The summed E-state index contributed by atoms with van der Waals surface area (Å²) in [5, 5.41) is 3.53. The Bertz CT molecular complexity index is 440. The van der Waals surface area contributed by atoms with Gasteiger partial charge in [-0.15, -0.1) is 0 Å². The maximum absolute atomic E-state index is 3.53. The van der Waals surface area contributed by atoms with Crippen LogP contribution in [0.5, 0.6) is 0 Å². The first-order chi connectivity index (χ1) is 16.1. The molecule has 0 bridgehead atoms. The van der Waals surface area contributed by atoms with E-state index in [1.54, 1.807) is 0 Å². The van der Waals surface area contributed by atoms with Gasteiger partial charge in [-0.05, 0) is 82.0 Å². The van der Waals surface area contributed by atoms with Gasteiger partial charge >= 0.3 is 0 Å². The van der Waals surface area contributed by atoms with Gasteiger partial charge in [-0.3, -0.25) is 0 Å². The Morgan fingerprint density at radius 3 is 1.73 bits per heavy atom. The summed E-state index contributed by atoms with van der Waals surface area (Å²) in [6, 6.07) is 0. The zero-order chi connectivity index (χ0) is 23.6. The molecule has 1 N–H and O–H groups in total. The average molecular weight is 463 g/mol. The lowest BCUT2D eigenvalue weighted by Crippen LogP contribution is -2.37. The Morgan fingerprint density at radius 2 is 1.15 bits per heavy atom. The fourth-order valence-corrected chi connectivity index (χ4v) is 6.22. The first-order valence-corrected chi connectivity index (χ1v) is 15.5. The van der Waals surface area contributed by atoms with Crippen LogP contribution in [0.4, 0.5) is 0 Å². The van der Waals surface area contributed by atoms with Crippen LogP contribution in [0, 0.1) is 17.3 Å². The van der Waals surface area contributed by atoms with Gasteiger partial charge in [-0.25, -0.2) is 0 Å². The van der Waals surface area contributed by atoms with Gasteiger partial charge in [0.05, 0.1) is 0 Å². The van der Waals surface area contributed by atoms with Crippen LogP contribution >= 0.6 is 0 Å². The van der Waals surface area contributed by atoms with Gasteiger partial charge in [0.1, 0.15) is 0 Å². The number of hydrogen-bond acceptors (Lipinski definition) is 2. The molecule has 0 spiro atoms. The Hall–Kier alpha value is -0.0800. The quantitative estimate of drug-likeness (QED) is 0.438. The molecule has 1 atom stereocenters. The summed E-state index contributed by atoms with van der Waals surface area (Å²) in [6.07, 6.45) is 29.1. The maximum atomic E-state index is 3.53. The lowest BCUT2D eigenvalue weighted by molar-refractivity contribution is 0.146. The van der Waals surface area contributed by atoms with Gasteiger partial charge in [0.15, 0.2) is 0 Å². The summed E-state index contributed by atoms with van der Waals surface area (Å²) in [5.74, 6) is 1.87. The Morgan fingerprint density at radius 1 is 0.636 bits per heavy atom. The van der Waals surface area contributed by atoms with E-state index in [1.807, 2.05) is 0 Å². The van der Waals surface area contributed by atoms with E-state index in [-0.39, 0.29) is 0 Å². The van der Waals surface area contributed by atoms with Crippen LogP contribution in [0.3, 0.4) is 0 Å². The van der Waals surface area contributed by atoms with Crippen LogP contribution in [0.15, 0.2) is 0 Å². The predicted molar refractivity (Wildman–Crippen MR) is 148 cm³/mol. The molecule has 2 nitrogen and oxygen atoms in total. The van der Waals surface area contributed by atoms with Crippen molar-refractivity contribution < 1.29 is 0 Å². The van der Waals surface area contributed by atoms with Crippen molar-refractivity contribution in [2.24, 2.45) is 17.3 Å². The molecule has 2 heterocycles. The van der Waals surface area contributed by atoms with Gasteiger partial charge in [0, 0.05) is 6.54 Å². The number of hydrogen-bond donors (Lipinski definition) is 1. The highest BCUT2D eigenvalue weighted by molar-refractivity contribution is 4.78. The molecule has 0 amide bonds. The highest BCUT2D eigenvalue weighted by atomic mass is 15.1. The minimum atomic E-state index is 0.460. The van der Waals surface area contributed by atoms with E-state index in [2.05, 4.69) is 31.0 Å². The normalized spacial score (nSPS) is 26.1. The monoisotopic (exact) mass is 462 g/mol. The lowest BCUT2D eigenvalue weighted by Gasteiger charge is -2.35. The van der Waals surface area contributed by atoms with E-state index in [0.717, 1.165) is 11.8 Å². The highest BCUT2D eigenvalue weighted by Gasteiger charge is 2.24. The minimum absolute atomic E-state index is 0.460. The molecule has 2 aliphatic rings. The third kappa shape index (κ3) is 15.5. The van der Waals surface area contributed by atoms with Crippen LogP contribution in [-0.2, 0) is 0 Å². The topological polar surface area (TPSA) is 15.3 Å². The summed E-state index contributed by atoms with van der Waals surface area (Å²) in [4.78, 5) is 2.87. The number of nitrogens with zero attached hydrogens (tertiary/aromatic N) is 1. The van der Waals surface area contributed by atoms with Gasteiger partial charge in [0.2, 0.25) is 0 Å². The van der Waals surface area contributed by atoms with Gasteiger partial charge in [-0.1, -0.05) is 111 Å². The molecule has 2 saturated heterocycles. The van der Waals surface area contributed by atoms with Crippen molar-refractivity contribution in [3.63, 3.8) is 0 Å². The van der Waals surface area contributed by atoms with E-state index in [4.69, 9.17) is 0 Å². The molecule has 0 saturated carbocycles. The van der Waals surface area contributed by atoms with E-state index in [1.165, 1.54) is 161 Å². The zero-order valence-corrected chi connectivity index (χ0v) is 23.3. The second kappa shape index (κ2) is 18.2. The van der Waals surface area contributed by atoms with Gasteiger partial charge < -0.3 is 10.2 Å². The molecule has 0 aromatic carbocycles. The summed E-state index contributed by atoms with van der Waals surface area (Å²) in [5.41, 5.74) is 0.460. The van der Waals surface area contributed by atoms with Crippen molar-refractivity contribution >= 4 is 0 Å². The third-order valence-corrected chi connectivity index (χ3v) is 8.70. The summed E-state index contributed by atoms with van der Waals surface area (Å²) in [7, 11) is 0. The van der Waals surface area contributed by atoms with E-state index >= 15 is 0 Å². The molecule has 2 fully saturated rings. The second-order valence-electron chi connectivity index (χ2n) is 12.8. The first-order valence-electron chi connectivity index (χ1n) is 15.5. The van der Waals surface area contributed by atoms with Crippen LogP contribution in [0.25, 0.3) is 0 Å². The Balaban J connectivity index is 1.78. The van der Waals surface area contributed by atoms with Crippen molar-refractivity contribution in [2.75, 3.05) is 32.7 Å². The van der Waals surface area contributed by atoms with Gasteiger partial charge in [0.25, 0.3) is 0 Å². The molecule has 196 valence electrons. The molecule has 0 radical (unpaired) electrons. The van der Waals surface area contributed by atoms with Crippen LogP contribution in [0.2, 0.25) is 0 Å². The molecule has 2 heteroatoms. The Kier molecular flexibility index (Phi) is 16.1. The van der Waals surface area contributed by atoms with Crippen LogP contribution < -0.4 is 5.32 Å². The fourth-order valence-electron chi connectivity index (χ4n) is 6.22. The number of nitrogens with one attached hydrogen (secondary N) is 1. The number of rotatable bonds is 5. The largest absolute Gasteiger partial charge is 0.317 e. The second-order valence-corrected chi connectivity index (χ2v) is 12.8. The Labute approximate surface area is 209 Å². The van der Waals surface area contributed by atoms with Crippen molar-refractivity contribution in [2.45, 2.75) is 149 Å². The maximum Gasteiger partial charge on any atom is 0.00327 e. The van der Waals surface area contributed by atoms with Crippen LogP contribution in [0.1, 0.15) is 149 Å². The van der Waals surface area contributed by atoms with Gasteiger partial charge in [-0.2, -0.15) is 0 Å². The lowest BCUT2D eigenvalue weighted by atomic mass is 9.81. The van der Waals surface area contributed by atoms with Crippen molar-refractivity contribution in [3.8, 4) is 0 Å². The van der Waals surface area contributed by atoms with Crippen molar-refractivity contribution in [3.05, 3.63) is 0 Å². The molecule has 2 aliphatic heterocycles. The van der Waals surface area contributed by atoms with Crippen molar-refractivity contribution in [1.82, 2.24) is 10.2 Å². The van der Waals surface area contributed by atoms with E-state index in [9.17, 15) is 0 Å². The van der Waals surface area contributed by atoms with E-state index in [0.29, 0.717) is 5.41 Å². The minimum Gasteiger partial charge on any atom is -0.317 e. The fraction of sp³-hybridized carbons (Fsp3) is 1.00. The molecular formula is C31H62N2. The third-order valence-electron chi connectivity index (χ3n) is 8.70. The van der Waals surface area contributed by atoms with E-state index < -0.39 is 0 Å². The molecule has 0 aromatic rings. The first kappa shape index (κ1) is 29.2. The zero-order valence-electron chi connectivity index (χ0n) is 23.3.